The number of halogens is 4. The van der Waals surface area contributed by atoms with Crippen LogP contribution >= 0.6 is 0 Å². The van der Waals surface area contributed by atoms with Crippen molar-refractivity contribution >= 4 is 12.1 Å². The Morgan fingerprint density at radius 3 is 2.48 bits per heavy atom. The van der Waals surface area contributed by atoms with Gasteiger partial charge in [-0.05, 0) is 48.5 Å². The number of benzene rings is 2. The first-order valence-electron chi connectivity index (χ1n) is 7.69. The lowest BCUT2D eigenvalue weighted by Gasteiger charge is -2.07. The van der Waals surface area contributed by atoms with Crippen LogP contribution in [0.15, 0.2) is 70.2 Å². The van der Waals surface area contributed by atoms with E-state index < -0.39 is 23.5 Å². The number of nitrogens with one attached hydrogen (secondary N) is 1. The Hall–Kier alpha value is -3.42. The van der Waals surface area contributed by atoms with E-state index in [1.165, 1.54) is 42.6 Å². The van der Waals surface area contributed by atoms with E-state index in [1.54, 1.807) is 0 Å². The van der Waals surface area contributed by atoms with Gasteiger partial charge in [-0.15, -0.1) is 0 Å². The number of amides is 1. The van der Waals surface area contributed by atoms with Crippen LogP contribution in [0.5, 0.6) is 0 Å². The fourth-order valence-electron chi connectivity index (χ4n) is 2.25. The van der Waals surface area contributed by atoms with Crippen LogP contribution in [0.1, 0.15) is 21.7 Å². The Morgan fingerprint density at radius 2 is 1.78 bits per heavy atom. The van der Waals surface area contributed by atoms with Crippen LogP contribution in [-0.2, 0) is 6.18 Å². The summed E-state index contributed by atoms with van der Waals surface area (Å²) in [6.07, 6.45) is -3.24. The molecule has 1 heterocycles. The summed E-state index contributed by atoms with van der Waals surface area (Å²) in [5.41, 5.74) is 1.95. The van der Waals surface area contributed by atoms with Gasteiger partial charge in [0.25, 0.3) is 5.91 Å². The highest BCUT2D eigenvalue weighted by atomic mass is 19.4. The number of hydrogen-bond donors (Lipinski definition) is 1. The minimum atomic E-state index is -4.45. The predicted molar refractivity (Wildman–Crippen MR) is 90.6 cm³/mol. The zero-order valence-corrected chi connectivity index (χ0v) is 13.6. The van der Waals surface area contributed by atoms with Crippen molar-refractivity contribution in [3.8, 4) is 11.3 Å². The van der Waals surface area contributed by atoms with E-state index in [1.807, 2.05) is 0 Å². The highest BCUT2D eigenvalue weighted by Gasteiger charge is 2.30. The molecular weight excluding hydrogens is 364 g/mol. The molecule has 0 aliphatic heterocycles. The SMILES string of the molecule is O=C(N/N=C/c1ccc(-c2cccc(C(F)(F)F)c2)o1)c1ccc(F)cc1. The second-order valence-electron chi connectivity index (χ2n) is 5.49. The molecule has 0 saturated heterocycles. The number of furan rings is 1. The Labute approximate surface area is 151 Å². The predicted octanol–water partition coefficient (Wildman–Crippen LogP) is 4.87. The third kappa shape index (κ3) is 4.60. The van der Waals surface area contributed by atoms with Crippen LogP contribution in [0.2, 0.25) is 0 Å². The highest BCUT2D eigenvalue weighted by molar-refractivity contribution is 5.94. The van der Waals surface area contributed by atoms with Crippen LogP contribution in [0, 0.1) is 5.82 Å². The quantitative estimate of drug-likeness (QED) is 0.401. The van der Waals surface area contributed by atoms with Gasteiger partial charge in [-0.3, -0.25) is 4.79 Å². The molecule has 3 aromatic rings. The summed E-state index contributed by atoms with van der Waals surface area (Å²) in [6, 6.07) is 12.6. The van der Waals surface area contributed by atoms with E-state index in [4.69, 9.17) is 4.42 Å². The van der Waals surface area contributed by atoms with E-state index >= 15 is 0 Å². The van der Waals surface area contributed by atoms with Gasteiger partial charge in [-0.2, -0.15) is 18.3 Å². The Kier molecular flexibility index (Phi) is 5.07. The van der Waals surface area contributed by atoms with Gasteiger partial charge >= 0.3 is 6.18 Å². The van der Waals surface area contributed by atoms with Crippen LogP contribution in [0.4, 0.5) is 17.6 Å². The van der Waals surface area contributed by atoms with Gasteiger partial charge in [0.05, 0.1) is 11.8 Å². The standard InChI is InChI=1S/C19H12F4N2O2/c20-15-6-4-12(5-7-15)18(26)25-24-11-16-8-9-17(27-16)13-2-1-3-14(10-13)19(21,22)23/h1-11H,(H,25,26)/b24-11+. The topological polar surface area (TPSA) is 54.6 Å². The summed E-state index contributed by atoms with van der Waals surface area (Å²) in [5.74, 6) is -0.544. The van der Waals surface area contributed by atoms with Gasteiger partial charge in [0, 0.05) is 11.1 Å². The molecule has 0 aliphatic rings. The Morgan fingerprint density at radius 1 is 1.04 bits per heavy atom. The van der Waals surface area contributed by atoms with Gasteiger partial charge in [0.1, 0.15) is 17.3 Å². The van der Waals surface area contributed by atoms with E-state index in [9.17, 15) is 22.4 Å². The fraction of sp³-hybridized carbons (Fsp3) is 0.0526. The maximum absolute atomic E-state index is 12.8. The highest BCUT2D eigenvalue weighted by Crippen LogP contribution is 2.32. The second-order valence-corrected chi connectivity index (χ2v) is 5.49. The molecule has 0 bridgehead atoms. The van der Waals surface area contributed by atoms with Gasteiger partial charge in [-0.25, -0.2) is 9.82 Å². The average Bonchev–Trinajstić information content (AvgIpc) is 3.10. The van der Waals surface area contributed by atoms with Crippen molar-refractivity contribution in [2.75, 3.05) is 0 Å². The first kappa shape index (κ1) is 18.4. The summed E-state index contributed by atoms with van der Waals surface area (Å²) in [7, 11) is 0. The third-order valence-corrected chi connectivity index (χ3v) is 3.57. The lowest BCUT2D eigenvalue weighted by Crippen LogP contribution is -2.17. The zero-order valence-electron chi connectivity index (χ0n) is 13.6. The molecule has 1 N–H and O–H groups in total. The molecule has 4 nitrogen and oxygen atoms in total. The summed E-state index contributed by atoms with van der Waals surface area (Å²) in [5, 5.41) is 3.71. The summed E-state index contributed by atoms with van der Waals surface area (Å²) >= 11 is 0. The number of nitrogens with zero attached hydrogens (tertiary/aromatic N) is 1. The summed E-state index contributed by atoms with van der Waals surface area (Å²) in [6.45, 7) is 0. The zero-order chi connectivity index (χ0) is 19.4. The van der Waals surface area contributed by atoms with Crippen LogP contribution in [0.3, 0.4) is 0 Å². The molecule has 0 radical (unpaired) electrons. The monoisotopic (exact) mass is 376 g/mol. The minimum Gasteiger partial charge on any atom is -0.455 e. The maximum Gasteiger partial charge on any atom is 0.416 e. The van der Waals surface area contributed by atoms with Crippen molar-refractivity contribution in [1.82, 2.24) is 5.43 Å². The number of hydrogen-bond acceptors (Lipinski definition) is 3. The maximum atomic E-state index is 12.8. The van der Waals surface area contributed by atoms with Gasteiger partial charge in [0.2, 0.25) is 0 Å². The van der Waals surface area contributed by atoms with Crippen molar-refractivity contribution < 1.29 is 26.8 Å². The molecule has 0 atom stereocenters. The molecule has 0 spiro atoms. The van der Waals surface area contributed by atoms with Crippen molar-refractivity contribution in [2.24, 2.45) is 5.10 Å². The molecule has 138 valence electrons. The lowest BCUT2D eigenvalue weighted by atomic mass is 10.1. The summed E-state index contributed by atoms with van der Waals surface area (Å²) < 4.78 is 56.6. The van der Waals surface area contributed by atoms with Gasteiger partial charge in [-0.1, -0.05) is 12.1 Å². The molecule has 27 heavy (non-hydrogen) atoms. The van der Waals surface area contributed by atoms with Crippen LogP contribution in [-0.4, -0.2) is 12.1 Å². The average molecular weight is 376 g/mol. The number of hydrazone groups is 1. The number of rotatable bonds is 4. The lowest BCUT2D eigenvalue weighted by molar-refractivity contribution is -0.137. The van der Waals surface area contributed by atoms with Crippen molar-refractivity contribution in [3.63, 3.8) is 0 Å². The molecular formula is C19H12F4N2O2. The van der Waals surface area contributed by atoms with Crippen LogP contribution in [0.25, 0.3) is 11.3 Å². The van der Waals surface area contributed by atoms with Gasteiger partial charge in [0.15, 0.2) is 0 Å². The first-order chi connectivity index (χ1) is 12.8. The fourth-order valence-corrected chi connectivity index (χ4v) is 2.25. The molecule has 8 heteroatoms. The van der Waals surface area contributed by atoms with E-state index in [2.05, 4.69) is 10.5 Å². The molecule has 1 amide bonds. The van der Waals surface area contributed by atoms with Crippen molar-refractivity contribution in [3.05, 3.63) is 83.4 Å². The molecule has 3 rings (SSSR count). The molecule has 1 aromatic heterocycles. The van der Waals surface area contributed by atoms with E-state index in [0.717, 1.165) is 24.3 Å². The normalized spacial score (nSPS) is 11.7. The van der Waals surface area contributed by atoms with Crippen molar-refractivity contribution in [2.45, 2.75) is 6.18 Å². The van der Waals surface area contributed by atoms with E-state index in [0.29, 0.717) is 0 Å². The van der Waals surface area contributed by atoms with Gasteiger partial charge < -0.3 is 4.42 Å². The third-order valence-electron chi connectivity index (χ3n) is 3.57. The number of alkyl halides is 3. The number of carbonyl (C=O) groups excluding carboxylic acids is 1. The molecule has 0 aliphatic carbocycles. The second kappa shape index (κ2) is 7.45. The minimum absolute atomic E-state index is 0.220. The molecule has 0 unspecified atom stereocenters. The van der Waals surface area contributed by atoms with Crippen molar-refractivity contribution in [1.29, 1.82) is 0 Å². The first-order valence-corrected chi connectivity index (χ1v) is 7.69. The Balaban J connectivity index is 1.68. The molecule has 0 saturated carbocycles. The molecule has 2 aromatic carbocycles. The number of carbonyl (C=O) groups is 1. The van der Waals surface area contributed by atoms with E-state index in [-0.39, 0.29) is 22.6 Å². The largest absolute Gasteiger partial charge is 0.455 e. The molecule has 0 fully saturated rings. The Bertz CT molecular complexity index is 976. The summed E-state index contributed by atoms with van der Waals surface area (Å²) in [4.78, 5) is 11.8. The smallest absolute Gasteiger partial charge is 0.416 e. The van der Waals surface area contributed by atoms with Crippen LogP contribution < -0.4 is 5.43 Å².